The molecule has 15 aromatic carbocycles. The van der Waals surface area contributed by atoms with Crippen LogP contribution in [0.4, 0.5) is 0 Å². The van der Waals surface area contributed by atoms with Gasteiger partial charge in [0.05, 0.1) is 153 Å². The van der Waals surface area contributed by atoms with Crippen LogP contribution in [0, 0.1) is 68.0 Å². The Morgan fingerprint density at radius 3 is 1.21 bits per heavy atom. The van der Waals surface area contributed by atoms with Gasteiger partial charge < -0.3 is 27.4 Å². The molecule has 0 radical (unpaired) electrons. The molecule has 12 heteroatoms. The quantitative estimate of drug-likeness (QED) is 0.125. The number of hydrogen-bond donors (Lipinski definition) is 0. The molecule has 115 heavy (non-hydrogen) atoms. The molecule has 12 nitrogen and oxygen atoms in total. The van der Waals surface area contributed by atoms with Crippen LogP contribution < -0.4 is 0 Å². The average Bonchev–Trinajstić information content (AvgIpc) is 1.56. The van der Waals surface area contributed by atoms with Gasteiger partial charge in [0.2, 0.25) is 0 Å². The van der Waals surface area contributed by atoms with Gasteiger partial charge in [0.15, 0.2) is 0 Å². The summed E-state index contributed by atoms with van der Waals surface area (Å²) in [7, 11) is 0. The summed E-state index contributed by atoms with van der Waals surface area (Å²) >= 11 is 0. The van der Waals surface area contributed by atoms with Crippen molar-refractivity contribution in [1.29, 1.82) is 31.6 Å². The molecule has 0 saturated carbocycles. The van der Waals surface area contributed by atoms with E-state index in [1.54, 1.807) is 0 Å². The summed E-state index contributed by atoms with van der Waals surface area (Å²) < 4.78 is 13.5. The van der Waals surface area contributed by atoms with E-state index in [0.717, 1.165) is 193 Å². The number of nitriles is 6. The number of aromatic nitrogens is 6. The van der Waals surface area contributed by atoms with Crippen molar-refractivity contribution in [1.82, 2.24) is 27.4 Å². The third kappa shape index (κ3) is 9.92. The number of para-hydroxylation sites is 6. The van der Waals surface area contributed by atoms with Gasteiger partial charge in [-0.25, -0.2) is 0 Å². The zero-order chi connectivity index (χ0) is 77.4. The van der Waals surface area contributed by atoms with E-state index in [9.17, 15) is 31.6 Å². The van der Waals surface area contributed by atoms with Crippen molar-refractivity contribution in [2.75, 3.05) is 0 Å². The third-order valence-corrected chi connectivity index (χ3v) is 23.0. The minimum absolute atomic E-state index is 0.456. The summed E-state index contributed by atoms with van der Waals surface area (Å²) in [5.41, 5.74) is 25.2. The van der Waals surface area contributed by atoms with E-state index < -0.39 is 0 Å². The first kappa shape index (κ1) is 66.5. The van der Waals surface area contributed by atoms with Crippen LogP contribution in [0.25, 0.3) is 200 Å². The zero-order valence-electron chi connectivity index (χ0n) is 61.7. The topological polar surface area (TPSA) is 172 Å². The Hall–Kier alpha value is -16.7. The van der Waals surface area contributed by atoms with Gasteiger partial charge in [0.25, 0.3) is 0 Å². The molecule has 21 rings (SSSR count). The largest absolute Gasteiger partial charge is 0.309 e. The Kier molecular flexibility index (Phi) is 15.0. The van der Waals surface area contributed by atoms with Gasteiger partial charge >= 0.3 is 0 Å². The van der Waals surface area contributed by atoms with Crippen molar-refractivity contribution in [3.8, 4) is 104 Å². The lowest BCUT2D eigenvalue weighted by Gasteiger charge is -2.18. The number of benzene rings is 15. The number of fused-ring (bicyclic) bond motifs is 16. The van der Waals surface area contributed by atoms with E-state index in [-0.39, 0.29) is 0 Å². The molecule has 0 spiro atoms. The minimum atomic E-state index is 0.456. The standard InChI is InChI=1S/C103H58N12/c1-3-18-86-74(4-2)77-21-6-13-29-90(77)112(86)98-32-16-33-99-102(98)85-51-64(58-106)37-42-96(85)113(99)87-26-10-5-20-75(87)70-45-65(59-107)47-72(52-70)111-92-40-35-62(56-104)49-81(92)83-54-67(38-43-93(83)111)68-39-44-95-84(55-68)82-50-63(57-105)36-41-94(82)114(95)97-31-17-34-100-101(97)80-24-9-14-30-91(80)115(100)103-69(61-109)19-15-25-76(103)71-46-66(60-108)48-73(53-71)110-88-27-11-7-22-78(88)79-23-8-12-28-89(79)110/h3-55H,2H2,1H3/b18-3-. The second-order valence-electron chi connectivity index (χ2n) is 29.0. The van der Waals surface area contributed by atoms with Gasteiger partial charge in [-0.15, -0.1) is 0 Å². The Morgan fingerprint density at radius 1 is 0.270 bits per heavy atom. The molecule has 0 fully saturated rings. The molecule has 0 aliphatic carbocycles. The normalized spacial score (nSPS) is 11.6. The molecular formula is C103H58N12. The van der Waals surface area contributed by atoms with Gasteiger partial charge in [-0.1, -0.05) is 146 Å². The van der Waals surface area contributed by atoms with Gasteiger partial charge in [-0.3, -0.25) is 0 Å². The van der Waals surface area contributed by atoms with Crippen LogP contribution in [0.3, 0.4) is 0 Å². The van der Waals surface area contributed by atoms with Crippen LogP contribution in [-0.2, 0) is 0 Å². The molecule has 0 bridgehead atoms. The van der Waals surface area contributed by atoms with Gasteiger partial charge in [-0.2, -0.15) is 31.6 Å². The first-order valence-electron chi connectivity index (χ1n) is 37.8. The van der Waals surface area contributed by atoms with Gasteiger partial charge in [0, 0.05) is 87.3 Å². The highest BCUT2D eigenvalue weighted by atomic mass is 15.0. The van der Waals surface area contributed by atoms with Crippen molar-refractivity contribution in [3.05, 3.63) is 361 Å². The Balaban J connectivity index is 0.709. The number of hydrogen-bond acceptors (Lipinski definition) is 6. The molecule has 0 unspecified atom stereocenters. The van der Waals surface area contributed by atoms with Crippen LogP contribution in [0.15, 0.2) is 316 Å². The summed E-state index contributed by atoms with van der Waals surface area (Å²) in [6.45, 7) is 6.29. The lowest BCUT2D eigenvalue weighted by atomic mass is 9.97. The summed E-state index contributed by atoms with van der Waals surface area (Å²) in [6, 6.07) is 117. The second-order valence-corrected chi connectivity index (χ2v) is 29.0. The Labute approximate surface area is 658 Å². The molecule has 0 amide bonds. The summed E-state index contributed by atoms with van der Waals surface area (Å²) in [5, 5.41) is 75.5. The maximum absolute atomic E-state index is 11.3. The molecule has 530 valence electrons. The molecule has 0 atom stereocenters. The lowest BCUT2D eigenvalue weighted by molar-refractivity contribution is 1.12. The molecule has 21 aromatic rings. The molecular weight excluding hydrogens is 1410 g/mol. The molecule has 0 N–H and O–H groups in total. The average molecular weight is 1460 g/mol. The monoisotopic (exact) mass is 1460 g/mol. The SMILES string of the molecule is C=Cc1c(/C=C\C)n(-c2cccc3c2c2cc(C#N)ccc2n3-c2ccccc2-c2cc(C#N)cc(-n3c4ccc(C#N)cc4c4cc(-c5ccc6c(c5)c5cc(C#N)ccc5n6-c5cccc6c5c5ccccc5n6-c5c(C#N)cccc5-c5cc(C#N)cc(-n6c7ccccc7c7ccccc76)c5)ccc43)c2)c2ccccc12. The minimum Gasteiger partial charge on any atom is -0.309 e. The highest BCUT2D eigenvalue weighted by molar-refractivity contribution is 6.20. The maximum Gasteiger partial charge on any atom is 0.101 e. The van der Waals surface area contributed by atoms with Crippen LogP contribution in [0.2, 0.25) is 0 Å². The van der Waals surface area contributed by atoms with Crippen molar-refractivity contribution in [2.45, 2.75) is 6.92 Å². The zero-order valence-corrected chi connectivity index (χ0v) is 61.7. The van der Waals surface area contributed by atoms with E-state index >= 15 is 0 Å². The second kappa shape index (κ2) is 26.0. The lowest BCUT2D eigenvalue weighted by Crippen LogP contribution is -2.02. The Morgan fingerprint density at radius 2 is 0.661 bits per heavy atom. The number of allylic oxidation sites excluding steroid dienone is 1. The first-order valence-corrected chi connectivity index (χ1v) is 37.8. The predicted octanol–water partition coefficient (Wildman–Crippen LogP) is 25.0. The van der Waals surface area contributed by atoms with Gasteiger partial charge in [0.1, 0.15) is 6.07 Å². The van der Waals surface area contributed by atoms with Crippen molar-refractivity contribution in [2.24, 2.45) is 0 Å². The fourth-order valence-electron chi connectivity index (χ4n) is 18.3. The molecule has 0 aliphatic heterocycles. The number of nitrogens with zero attached hydrogens (tertiary/aromatic N) is 12. The highest BCUT2D eigenvalue weighted by Crippen LogP contribution is 2.48. The molecule has 0 saturated heterocycles. The van der Waals surface area contributed by atoms with Gasteiger partial charge in [-0.05, 0) is 211 Å². The van der Waals surface area contributed by atoms with Crippen LogP contribution in [0.5, 0.6) is 0 Å². The van der Waals surface area contributed by atoms with Crippen LogP contribution >= 0.6 is 0 Å². The van der Waals surface area contributed by atoms with Crippen molar-refractivity contribution in [3.63, 3.8) is 0 Å². The fraction of sp³-hybridized carbons (Fsp3) is 0.00971. The Bertz CT molecular complexity index is 8180. The summed E-state index contributed by atoms with van der Waals surface area (Å²) in [5.74, 6) is 0. The predicted molar refractivity (Wildman–Crippen MR) is 464 cm³/mol. The van der Waals surface area contributed by atoms with Crippen molar-refractivity contribution < 1.29 is 0 Å². The summed E-state index contributed by atoms with van der Waals surface area (Å²) in [6.07, 6.45) is 6.09. The molecule has 0 aliphatic rings. The fourth-order valence-corrected chi connectivity index (χ4v) is 18.3. The van der Waals surface area contributed by atoms with Crippen LogP contribution in [0.1, 0.15) is 51.6 Å². The summed E-state index contributed by atoms with van der Waals surface area (Å²) in [4.78, 5) is 0. The number of rotatable bonds is 11. The van der Waals surface area contributed by atoms with E-state index in [4.69, 9.17) is 0 Å². The van der Waals surface area contributed by atoms with E-state index in [2.05, 4.69) is 234 Å². The molecule has 6 heterocycles. The smallest absolute Gasteiger partial charge is 0.101 e. The van der Waals surface area contributed by atoms with E-state index in [0.29, 0.717) is 39.1 Å². The molecule has 6 aromatic heterocycles. The van der Waals surface area contributed by atoms with E-state index in [1.807, 2.05) is 165 Å². The highest BCUT2D eigenvalue weighted by Gasteiger charge is 2.28. The maximum atomic E-state index is 11.3. The van der Waals surface area contributed by atoms with E-state index in [1.165, 1.54) is 0 Å². The third-order valence-electron chi connectivity index (χ3n) is 23.0. The van der Waals surface area contributed by atoms with Crippen LogP contribution in [-0.4, -0.2) is 27.4 Å². The first-order chi connectivity index (χ1) is 56.7. The van der Waals surface area contributed by atoms with Crippen molar-refractivity contribution >= 4 is 132 Å².